The molecular formula is C33H35ClFN5O4. The van der Waals surface area contributed by atoms with Gasteiger partial charge in [0.05, 0.1) is 42.6 Å². The summed E-state index contributed by atoms with van der Waals surface area (Å²) in [6.07, 6.45) is 8.86. The Morgan fingerprint density at radius 2 is 1.98 bits per heavy atom. The normalized spacial score (nSPS) is 19.1. The van der Waals surface area contributed by atoms with Crippen LogP contribution in [0.5, 0.6) is 11.5 Å². The number of para-hydroxylation sites is 1. The SMILES string of the molecule is CCn1cncc1Cn1c(C=C(C)C(=O)O)cnc1CN1CCC(c2cccc3c2OC(C)(c2ccc(Cl)cc2F)O3)CC1. The van der Waals surface area contributed by atoms with Gasteiger partial charge in [0, 0.05) is 35.8 Å². The molecule has 11 heteroatoms. The number of nitrogens with zero attached hydrogens (tertiary/aromatic N) is 5. The fraction of sp³-hybridized carbons (Fsp3) is 0.364. The zero-order chi connectivity index (χ0) is 31.0. The molecule has 1 saturated heterocycles. The van der Waals surface area contributed by atoms with Gasteiger partial charge in [0.15, 0.2) is 11.5 Å². The quantitative estimate of drug-likeness (QED) is 0.215. The lowest BCUT2D eigenvalue weighted by atomic mass is 9.88. The van der Waals surface area contributed by atoms with Gasteiger partial charge in [-0.2, -0.15) is 0 Å². The minimum Gasteiger partial charge on any atom is -0.478 e. The third-order valence-corrected chi connectivity index (χ3v) is 8.79. The third kappa shape index (κ3) is 5.84. The van der Waals surface area contributed by atoms with Gasteiger partial charge in [0.25, 0.3) is 5.79 Å². The molecule has 0 saturated carbocycles. The number of hydrogen-bond donors (Lipinski definition) is 1. The van der Waals surface area contributed by atoms with E-state index in [9.17, 15) is 14.3 Å². The molecule has 2 aromatic heterocycles. The van der Waals surface area contributed by atoms with Gasteiger partial charge in [-0.1, -0.05) is 23.7 Å². The number of benzene rings is 2. The molecule has 9 nitrogen and oxygen atoms in total. The number of likely N-dealkylation sites (tertiary alicyclic amines) is 1. The number of aliphatic carboxylic acids is 1. The number of carbonyl (C=O) groups is 1. The van der Waals surface area contributed by atoms with Crippen molar-refractivity contribution in [1.82, 2.24) is 24.0 Å². The fourth-order valence-electron chi connectivity index (χ4n) is 6.10. The number of carboxylic acid groups (broad SMARTS) is 1. The van der Waals surface area contributed by atoms with Crippen molar-refractivity contribution in [2.75, 3.05) is 13.1 Å². The molecule has 6 rings (SSSR count). The lowest BCUT2D eigenvalue weighted by Crippen LogP contribution is -2.34. The summed E-state index contributed by atoms with van der Waals surface area (Å²) >= 11 is 5.97. The summed E-state index contributed by atoms with van der Waals surface area (Å²) in [5, 5.41) is 9.78. The molecule has 0 aliphatic carbocycles. The van der Waals surface area contributed by atoms with Crippen LogP contribution in [0.15, 0.2) is 60.7 Å². The third-order valence-electron chi connectivity index (χ3n) is 8.55. The maximum absolute atomic E-state index is 14.8. The maximum Gasteiger partial charge on any atom is 0.331 e. The van der Waals surface area contributed by atoms with Gasteiger partial charge in [0.2, 0.25) is 0 Å². The largest absolute Gasteiger partial charge is 0.478 e. The number of piperidine rings is 1. The van der Waals surface area contributed by atoms with Gasteiger partial charge >= 0.3 is 5.97 Å². The van der Waals surface area contributed by atoms with E-state index < -0.39 is 17.6 Å². The standard InChI is InChI=1S/C33H35ClFN5O4/c1-4-39-20-36-16-25(39)18-40-24(14-21(2)32(41)42)17-37-30(40)19-38-12-10-22(11-13-38)26-6-5-7-29-31(26)44-33(3,43-29)27-9-8-23(34)15-28(27)35/h5-9,14-17,20,22H,4,10-13,18-19H2,1-3H3,(H,41,42). The zero-order valence-electron chi connectivity index (χ0n) is 25.0. The molecule has 0 amide bonds. The summed E-state index contributed by atoms with van der Waals surface area (Å²) in [7, 11) is 0. The average Bonchev–Trinajstić information content (AvgIpc) is 3.70. The van der Waals surface area contributed by atoms with Gasteiger partial charge in [-0.25, -0.2) is 19.2 Å². The van der Waals surface area contributed by atoms with Crippen LogP contribution in [-0.4, -0.2) is 48.2 Å². The second-order valence-electron chi connectivity index (χ2n) is 11.5. The summed E-state index contributed by atoms with van der Waals surface area (Å²) in [5.41, 5.74) is 3.38. The molecule has 230 valence electrons. The molecule has 1 N–H and O–H groups in total. The van der Waals surface area contributed by atoms with Crippen molar-refractivity contribution >= 4 is 23.6 Å². The first kappa shape index (κ1) is 29.9. The predicted octanol–water partition coefficient (Wildman–Crippen LogP) is 6.45. The van der Waals surface area contributed by atoms with Gasteiger partial charge in [-0.05, 0) is 76.0 Å². The average molecular weight is 620 g/mol. The summed E-state index contributed by atoms with van der Waals surface area (Å²) in [5.74, 6) is -0.336. The van der Waals surface area contributed by atoms with Crippen LogP contribution in [0.3, 0.4) is 0 Å². The number of aromatic nitrogens is 4. The number of hydrogen-bond acceptors (Lipinski definition) is 6. The van der Waals surface area contributed by atoms with E-state index in [2.05, 4.69) is 32.0 Å². The van der Waals surface area contributed by atoms with Crippen LogP contribution in [0.25, 0.3) is 6.08 Å². The highest BCUT2D eigenvalue weighted by Gasteiger charge is 2.43. The van der Waals surface area contributed by atoms with Crippen LogP contribution in [0.2, 0.25) is 5.02 Å². The Balaban J connectivity index is 1.18. The van der Waals surface area contributed by atoms with E-state index in [1.54, 1.807) is 44.6 Å². The van der Waals surface area contributed by atoms with Gasteiger partial charge in [-0.15, -0.1) is 0 Å². The monoisotopic (exact) mass is 619 g/mol. The highest BCUT2D eigenvalue weighted by molar-refractivity contribution is 6.30. The molecule has 1 fully saturated rings. The van der Waals surface area contributed by atoms with Crippen LogP contribution < -0.4 is 9.47 Å². The Labute approximate surface area is 260 Å². The second kappa shape index (κ2) is 12.1. The number of halogens is 2. The first-order valence-electron chi connectivity index (χ1n) is 14.8. The first-order valence-corrected chi connectivity index (χ1v) is 15.2. The van der Waals surface area contributed by atoms with Crippen molar-refractivity contribution in [2.45, 2.75) is 65.0 Å². The van der Waals surface area contributed by atoms with Crippen molar-refractivity contribution in [3.8, 4) is 11.5 Å². The van der Waals surface area contributed by atoms with Crippen LogP contribution in [0, 0.1) is 5.82 Å². The molecule has 0 spiro atoms. The number of imidazole rings is 2. The molecule has 0 radical (unpaired) electrons. The van der Waals surface area contributed by atoms with Crippen molar-refractivity contribution in [3.63, 3.8) is 0 Å². The molecule has 2 aliphatic heterocycles. The van der Waals surface area contributed by atoms with Crippen molar-refractivity contribution in [3.05, 3.63) is 99.9 Å². The molecule has 2 aliphatic rings. The first-order chi connectivity index (χ1) is 21.1. The Morgan fingerprint density at radius 1 is 1.18 bits per heavy atom. The Hall–Kier alpha value is -4.15. The minimum atomic E-state index is -1.29. The topological polar surface area (TPSA) is 94.6 Å². The summed E-state index contributed by atoms with van der Waals surface area (Å²) in [6.45, 7) is 9.03. The number of ether oxygens (including phenoxy) is 2. The molecule has 2 aromatic carbocycles. The number of fused-ring (bicyclic) bond motifs is 1. The number of aryl methyl sites for hydroxylation is 1. The second-order valence-corrected chi connectivity index (χ2v) is 11.9. The Morgan fingerprint density at radius 3 is 2.70 bits per heavy atom. The Bertz CT molecular complexity index is 1720. The molecule has 1 unspecified atom stereocenters. The molecule has 0 bridgehead atoms. The van der Waals surface area contributed by atoms with Gasteiger partial charge in [-0.3, -0.25) is 4.90 Å². The van der Waals surface area contributed by atoms with E-state index in [-0.39, 0.29) is 11.5 Å². The van der Waals surface area contributed by atoms with E-state index in [1.165, 1.54) is 6.07 Å². The van der Waals surface area contributed by atoms with Crippen LogP contribution >= 0.6 is 11.6 Å². The lowest BCUT2D eigenvalue weighted by molar-refractivity contribution is -0.132. The number of rotatable bonds is 9. The van der Waals surface area contributed by atoms with Gasteiger partial charge < -0.3 is 23.7 Å². The molecule has 44 heavy (non-hydrogen) atoms. The smallest absolute Gasteiger partial charge is 0.331 e. The van der Waals surface area contributed by atoms with Crippen molar-refractivity contribution in [1.29, 1.82) is 0 Å². The lowest BCUT2D eigenvalue weighted by Gasteiger charge is -2.32. The summed E-state index contributed by atoms with van der Waals surface area (Å²) in [4.78, 5) is 22.9. The van der Waals surface area contributed by atoms with E-state index in [4.69, 9.17) is 26.1 Å². The molecule has 4 aromatic rings. The van der Waals surface area contributed by atoms with Gasteiger partial charge in [0.1, 0.15) is 11.6 Å². The van der Waals surface area contributed by atoms with Crippen LogP contribution in [0.1, 0.15) is 67.9 Å². The van der Waals surface area contributed by atoms with Crippen molar-refractivity contribution in [2.24, 2.45) is 0 Å². The van der Waals surface area contributed by atoms with Crippen LogP contribution in [-0.2, 0) is 30.2 Å². The summed E-state index contributed by atoms with van der Waals surface area (Å²) in [6, 6.07) is 10.4. The Kier molecular flexibility index (Phi) is 8.22. The van der Waals surface area contributed by atoms with E-state index in [1.807, 2.05) is 18.3 Å². The predicted molar refractivity (Wildman–Crippen MR) is 164 cm³/mol. The summed E-state index contributed by atoms with van der Waals surface area (Å²) < 4.78 is 31.5. The van der Waals surface area contributed by atoms with Crippen molar-refractivity contribution < 1.29 is 23.8 Å². The number of carboxylic acids is 1. The van der Waals surface area contributed by atoms with Crippen LogP contribution in [0.4, 0.5) is 4.39 Å². The highest BCUT2D eigenvalue weighted by Crippen LogP contribution is 2.49. The van der Waals surface area contributed by atoms with E-state index in [0.29, 0.717) is 35.2 Å². The molecular weight excluding hydrogens is 585 g/mol. The maximum atomic E-state index is 14.8. The zero-order valence-corrected chi connectivity index (χ0v) is 25.7. The minimum absolute atomic E-state index is 0.248. The van der Waals surface area contributed by atoms with E-state index in [0.717, 1.165) is 55.3 Å². The molecule has 1 atom stereocenters. The molecule has 4 heterocycles. The van der Waals surface area contributed by atoms with E-state index >= 15 is 0 Å². The fourth-order valence-corrected chi connectivity index (χ4v) is 6.26. The highest BCUT2D eigenvalue weighted by atomic mass is 35.5.